The van der Waals surface area contributed by atoms with E-state index in [1.807, 2.05) is 0 Å². The van der Waals surface area contributed by atoms with Crippen LogP contribution in [0.2, 0.25) is 0 Å². The number of alkyl carbamates (subject to hydrolysis) is 2. The number of hydrogen-bond acceptors (Lipinski definition) is 14. The molecule has 3 amide bonds. The lowest BCUT2D eigenvalue weighted by molar-refractivity contribution is -0.148. The molecule has 0 aliphatic carbocycles. The molecule has 0 aliphatic heterocycles. The number of nitrogens with one attached hydrogen (secondary N) is 4. The number of nitrogens with zero attached hydrogens (tertiary/aromatic N) is 5. The second-order valence-electron chi connectivity index (χ2n) is 16.9. The molecule has 0 radical (unpaired) electrons. The van der Waals surface area contributed by atoms with E-state index in [-0.39, 0.29) is 61.4 Å². The molecule has 5 aromatic rings. The molecule has 66 heavy (non-hydrogen) atoms. The lowest BCUT2D eigenvalue weighted by atomic mass is 10.1. The number of carbonyl (C=O) groups is 4. The van der Waals surface area contributed by atoms with Crippen LogP contribution in [0.3, 0.4) is 0 Å². The maximum Gasteiger partial charge on any atom is 0.408 e. The molecule has 0 fully saturated rings. The Kier molecular flexibility index (Phi) is 16.7. The molecule has 354 valence electrons. The number of fused-ring (bicyclic) bond motifs is 1. The molecule has 2 atom stereocenters. The number of methoxy groups -OCH3 is 1. The topological polar surface area (TPSA) is 219 Å². The normalized spacial score (nSPS) is 12.4. The minimum Gasteiger partial charge on any atom is -0.491 e. The van der Waals surface area contributed by atoms with E-state index in [9.17, 15) is 23.6 Å². The molecule has 0 saturated heterocycles. The van der Waals surface area contributed by atoms with Crippen molar-refractivity contribution < 1.29 is 56.0 Å². The van der Waals surface area contributed by atoms with Crippen LogP contribution in [0, 0.1) is 17.6 Å². The number of amides is 3. The van der Waals surface area contributed by atoms with Crippen molar-refractivity contribution in [3.8, 4) is 23.0 Å². The SMILES string of the molecule is COc1cnc(-c2nn(Cc3c(F)cc(OCCOC(=O)[C@H](C)NC(=O)[C@@H](CCCCNC(=O)OC(C)(C)C)NC(=O)OC(C)(C)C)cc3F)c3ccccc23)nc1Nc1ccnc(F)c1. The Bertz CT molecular complexity index is 2490. The zero-order chi connectivity index (χ0) is 48.2. The van der Waals surface area contributed by atoms with Crippen LogP contribution in [-0.2, 0) is 30.3 Å². The summed E-state index contributed by atoms with van der Waals surface area (Å²) in [6.07, 6.45) is 2.30. The van der Waals surface area contributed by atoms with Crippen molar-refractivity contribution in [1.29, 1.82) is 0 Å². The molecule has 0 bridgehead atoms. The predicted octanol–water partition coefficient (Wildman–Crippen LogP) is 7.12. The van der Waals surface area contributed by atoms with Gasteiger partial charge in [-0.2, -0.15) is 9.49 Å². The van der Waals surface area contributed by atoms with Crippen LogP contribution in [0.5, 0.6) is 11.5 Å². The number of benzene rings is 2. The molecule has 2 aromatic carbocycles. The third-order valence-corrected chi connectivity index (χ3v) is 9.16. The minimum absolute atomic E-state index is 0.151. The van der Waals surface area contributed by atoms with Gasteiger partial charge in [0, 0.05) is 47.6 Å². The molecule has 0 spiro atoms. The highest BCUT2D eigenvalue weighted by Gasteiger charge is 2.28. The zero-order valence-electron chi connectivity index (χ0n) is 37.9. The number of hydrogen-bond donors (Lipinski definition) is 4. The number of pyridine rings is 1. The summed E-state index contributed by atoms with van der Waals surface area (Å²) in [5.74, 6) is -3.61. The molecule has 3 heterocycles. The van der Waals surface area contributed by atoms with Gasteiger partial charge in [0.1, 0.15) is 59.6 Å². The average molecular weight is 922 g/mol. The van der Waals surface area contributed by atoms with Gasteiger partial charge in [-0.1, -0.05) is 18.2 Å². The molecule has 3 aromatic heterocycles. The summed E-state index contributed by atoms with van der Waals surface area (Å²) in [6.45, 7) is 10.9. The zero-order valence-corrected chi connectivity index (χ0v) is 37.9. The number of carbonyl (C=O) groups excluding carboxylic acids is 4. The number of para-hydroxylation sites is 1. The Morgan fingerprint density at radius 3 is 2.23 bits per heavy atom. The van der Waals surface area contributed by atoms with Crippen molar-refractivity contribution in [1.82, 2.24) is 40.7 Å². The fraction of sp³-hybridized carbons (Fsp3) is 0.422. The highest BCUT2D eigenvalue weighted by molar-refractivity contribution is 5.92. The molecule has 4 N–H and O–H groups in total. The highest BCUT2D eigenvalue weighted by Crippen LogP contribution is 2.32. The smallest absolute Gasteiger partial charge is 0.408 e. The van der Waals surface area contributed by atoms with Gasteiger partial charge in [0.15, 0.2) is 17.4 Å². The van der Waals surface area contributed by atoms with E-state index in [0.717, 1.165) is 12.1 Å². The van der Waals surface area contributed by atoms with Crippen LogP contribution in [-0.4, -0.2) is 98.9 Å². The number of rotatable bonds is 19. The Morgan fingerprint density at radius 1 is 0.848 bits per heavy atom. The first-order valence-electron chi connectivity index (χ1n) is 21.0. The number of esters is 1. The highest BCUT2D eigenvalue weighted by atomic mass is 19.1. The van der Waals surface area contributed by atoms with Gasteiger partial charge >= 0.3 is 18.2 Å². The first-order chi connectivity index (χ1) is 31.2. The van der Waals surface area contributed by atoms with E-state index in [2.05, 4.69) is 41.3 Å². The summed E-state index contributed by atoms with van der Waals surface area (Å²) in [5.41, 5.74) is -0.622. The Labute approximate surface area is 379 Å². The van der Waals surface area contributed by atoms with E-state index < -0.39 is 64.9 Å². The van der Waals surface area contributed by atoms with Crippen molar-refractivity contribution in [2.24, 2.45) is 0 Å². The van der Waals surface area contributed by atoms with Crippen LogP contribution in [0.25, 0.3) is 22.4 Å². The second-order valence-corrected chi connectivity index (χ2v) is 16.9. The van der Waals surface area contributed by atoms with Crippen molar-refractivity contribution in [2.75, 3.05) is 32.2 Å². The summed E-state index contributed by atoms with van der Waals surface area (Å²) in [7, 11) is 1.43. The number of halogens is 3. The van der Waals surface area contributed by atoms with Gasteiger partial charge in [0.05, 0.1) is 25.4 Å². The van der Waals surface area contributed by atoms with Gasteiger partial charge in [-0.05, 0) is 79.9 Å². The molecular weight excluding hydrogens is 868 g/mol. The van der Waals surface area contributed by atoms with Crippen molar-refractivity contribution in [2.45, 2.75) is 97.6 Å². The molecule has 0 unspecified atom stereocenters. The maximum absolute atomic E-state index is 15.6. The quantitative estimate of drug-likeness (QED) is 0.0281. The van der Waals surface area contributed by atoms with E-state index in [1.165, 1.54) is 37.2 Å². The lowest BCUT2D eigenvalue weighted by Gasteiger charge is -2.24. The van der Waals surface area contributed by atoms with E-state index in [1.54, 1.807) is 71.9 Å². The van der Waals surface area contributed by atoms with Crippen LogP contribution >= 0.6 is 0 Å². The molecule has 18 nitrogen and oxygen atoms in total. The third kappa shape index (κ3) is 14.7. The summed E-state index contributed by atoms with van der Waals surface area (Å²) >= 11 is 0. The number of unbranched alkanes of at least 4 members (excludes halogenated alkanes) is 1. The van der Waals surface area contributed by atoms with Gasteiger partial charge in [-0.3, -0.25) is 9.48 Å². The van der Waals surface area contributed by atoms with Crippen molar-refractivity contribution >= 4 is 46.5 Å². The average Bonchev–Trinajstić information content (AvgIpc) is 3.60. The van der Waals surface area contributed by atoms with Crippen LogP contribution < -0.4 is 30.7 Å². The fourth-order valence-electron chi connectivity index (χ4n) is 6.21. The lowest BCUT2D eigenvalue weighted by Crippen LogP contribution is -2.52. The van der Waals surface area contributed by atoms with Gasteiger partial charge in [0.25, 0.3) is 0 Å². The van der Waals surface area contributed by atoms with E-state index in [0.29, 0.717) is 35.1 Å². The first-order valence-corrected chi connectivity index (χ1v) is 21.0. The summed E-state index contributed by atoms with van der Waals surface area (Å²) in [4.78, 5) is 63.1. The summed E-state index contributed by atoms with van der Waals surface area (Å²) in [6, 6.07) is 9.47. The van der Waals surface area contributed by atoms with Crippen LogP contribution in [0.4, 0.5) is 34.3 Å². The largest absolute Gasteiger partial charge is 0.491 e. The van der Waals surface area contributed by atoms with Gasteiger partial charge < -0.3 is 45.0 Å². The first kappa shape index (κ1) is 49.8. The molecule has 21 heteroatoms. The number of anilines is 2. The predicted molar refractivity (Wildman–Crippen MR) is 236 cm³/mol. The number of aromatic nitrogens is 5. The van der Waals surface area contributed by atoms with Gasteiger partial charge in [-0.25, -0.2) is 38.1 Å². The summed E-state index contributed by atoms with van der Waals surface area (Å²) in [5, 5.41) is 15.9. The van der Waals surface area contributed by atoms with Crippen LogP contribution in [0.1, 0.15) is 73.3 Å². The van der Waals surface area contributed by atoms with Gasteiger partial charge in [0.2, 0.25) is 11.9 Å². The number of ether oxygens (including phenoxy) is 5. The van der Waals surface area contributed by atoms with Crippen LogP contribution in [0.15, 0.2) is 60.9 Å². The minimum atomic E-state index is -1.16. The standard InChI is InChI=1S/C45H54F3N9O9/c1-26(52-40(58)33(54-43(61)66-45(5,6)7)14-11-12-17-50-42(60)65-44(2,3)4)41(59)64-20-19-63-28-22-31(46)30(32(47)23-28)25-57-34-15-10-9-13-29(34)37(56-57)39-51-24-35(62-8)38(55-39)53-27-16-18-49-36(48)21-27/h9-10,13,15-16,18,21-24,26,33H,11-12,14,17,19-20,25H2,1-8H3,(H,50,60)(H,52,58)(H,54,61)(H,49,51,53,55)/t26-,33+/m0/s1. The molecular formula is C45H54F3N9O9. The van der Waals surface area contributed by atoms with E-state index in [4.69, 9.17) is 23.7 Å². The Morgan fingerprint density at radius 2 is 1.55 bits per heavy atom. The second kappa shape index (κ2) is 22.1. The third-order valence-electron chi connectivity index (χ3n) is 9.16. The fourth-order valence-corrected chi connectivity index (χ4v) is 6.21. The van der Waals surface area contributed by atoms with Gasteiger partial charge in [-0.15, -0.1) is 0 Å². The molecule has 0 aliphatic rings. The molecule has 5 rings (SSSR count). The van der Waals surface area contributed by atoms with E-state index >= 15 is 8.78 Å². The van der Waals surface area contributed by atoms with Crippen molar-refractivity contribution in [3.63, 3.8) is 0 Å². The summed E-state index contributed by atoms with van der Waals surface area (Å²) < 4.78 is 73.0. The maximum atomic E-state index is 15.6. The Balaban J connectivity index is 1.16. The molecule has 0 saturated carbocycles. The van der Waals surface area contributed by atoms with Crippen molar-refractivity contribution in [3.05, 3.63) is 84.1 Å². The monoisotopic (exact) mass is 921 g/mol. The Hall–Kier alpha value is -7.19.